The highest BCUT2D eigenvalue weighted by Gasteiger charge is 2.72. The van der Waals surface area contributed by atoms with Crippen LogP contribution in [0, 0.1) is 5.41 Å². The van der Waals surface area contributed by atoms with Crippen LogP contribution in [-0.4, -0.2) is 47.7 Å². The molecule has 2 bridgehead atoms. The Kier molecular flexibility index (Phi) is 3.05. The summed E-state index contributed by atoms with van der Waals surface area (Å²) in [4.78, 5) is 31.3. The first kappa shape index (κ1) is 15.4. The molecule has 3 aliphatic carbocycles. The van der Waals surface area contributed by atoms with E-state index in [-0.39, 0.29) is 42.5 Å². The Morgan fingerprint density at radius 3 is 2.52 bits per heavy atom. The molecule has 0 atom stereocenters. The van der Waals surface area contributed by atoms with Crippen molar-refractivity contribution < 1.29 is 19.1 Å². The van der Waals surface area contributed by atoms with E-state index in [9.17, 15) is 14.0 Å². The molecule has 3 aliphatic rings. The van der Waals surface area contributed by atoms with Crippen molar-refractivity contribution in [2.45, 2.75) is 24.9 Å². The van der Waals surface area contributed by atoms with Gasteiger partial charge in [-0.1, -0.05) is 5.21 Å². The van der Waals surface area contributed by atoms with Crippen molar-refractivity contribution in [3.05, 3.63) is 12.4 Å². The summed E-state index contributed by atoms with van der Waals surface area (Å²) < 4.78 is 14.8. The maximum atomic E-state index is 13.5. The molecule has 130 valence electrons. The van der Waals surface area contributed by atoms with Gasteiger partial charge in [-0.3, -0.25) is 10.1 Å². The van der Waals surface area contributed by atoms with E-state index in [1.54, 1.807) is 0 Å². The number of anilines is 2. The van der Waals surface area contributed by atoms with Crippen molar-refractivity contribution in [3.8, 4) is 11.4 Å². The van der Waals surface area contributed by atoms with Gasteiger partial charge in [-0.15, -0.1) is 5.10 Å². The average Bonchev–Trinajstić information content (AvgIpc) is 2.84. The van der Waals surface area contributed by atoms with E-state index in [0.717, 1.165) is 0 Å². The fraction of sp³-hybridized carbons (Fsp3) is 0.429. The summed E-state index contributed by atoms with van der Waals surface area (Å²) in [5.41, 5.74) is -1.23. The summed E-state index contributed by atoms with van der Waals surface area (Å²) in [5, 5.41) is 21.3. The van der Waals surface area contributed by atoms with E-state index >= 15 is 0 Å². The number of nitrogens with zero attached hydrogens (tertiary/aromatic N) is 5. The van der Waals surface area contributed by atoms with Gasteiger partial charge in [0.15, 0.2) is 17.3 Å². The molecule has 5 rings (SSSR count). The Morgan fingerprint density at radius 2 is 1.96 bits per heavy atom. The van der Waals surface area contributed by atoms with Gasteiger partial charge in [0.05, 0.1) is 17.8 Å². The van der Waals surface area contributed by atoms with Crippen molar-refractivity contribution in [1.82, 2.24) is 25.0 Å². The number of aromatic nitrogens is 5. The number of hydrogen-bond donors (Lipinski definition) is 3. The van der Waals surface area contributed by atoms with Gasteiger partial charge >= 0.3 is 6.09 Å². The second kappa shape index (κ2) is 4.94. The van der Waals surface area contributed by atoms with E-state index in [0.29, 0.717) is 5.69 Å². The molecule has 3 saturated carbocycles. The number of halogens is 1. The maximum absolute atomic E-state index is 13.5. The zero-order valence-corrected chi connectivity index (χ0v) is 13.2. The van der Waals surface area contributed by atoms with Gasteiger partial charge in [0.1, 0.15) is 11.4 Å². The van der Waals surface area contributed by atoms with Crippen molar-refractivity contribution in [2.24, 2.45) is 12.5 Å². The smallest absolute Gasteiger partial charge is 0.410 e. The summed E-state index contributed by atoms with van der Waals surface area (Å²) in [6.45, 7) is 0. The van der Waals surface area contributed by atoms with Crippen LogP contribution in [0.25, 0.3) is 11.4 Å². The summed E-state index contributed by atoms with van der Waals surface area (Å²) in [6, 6.07) is 0. The zero-order chi connectivity index (χ0) is 17.8. The van der Waals surface area contributed by atoms with Gasteiger partial charge in [0, 0.05) is 7.05 Å². The molecule has 2 amide bonds. The third kappa shape index (κ3) is 2.39. The number of rotatable bonds is 4. The van der Waals surface area contributed by atoms with E-state index in [1.807, 2.05) is 0 Å². The highest BCUT2D eigenvalue weighted by Crippen LogP contribution is 2.69. The monoisotopic (exact) mass is 347 g/mol. The lowest BCUT2D eigenvalue weighted by molar-refractivity contribution is -0.209. The van der Waals surface area contributed by atoms with Crippen LogP contribution in [0.3, 0.4) is 0 Å². The predicted molar refractivity (Wildman–Crippen MR) is 82.4 cm³/mol. The quantitative estimate of drug-likeness (QED) is 0.756. The lowest BCUT2D eigenvalue weighted by atomic mass is 9.42. The summed E-state index contributed by atoms with van der Waals surface area (Å²) >= 11 is 0. The van der Waals surface area contributed by atoms with Crippen LogP contribution in [0.2, 0.25) is 0 Å². The third-order valence-corrected chi connectivity index (χ3v) is 4.64. The molecule has 25 heavy (non-hydrogen) atoms. The summed E-state index contributed by atoms with van der Waals surface area (Å²) in [5.74, 6) is 0.144. The van der Waals surface area contributed by atoms with E-state index in [1.165, 1.54) is 24.1 Å². The largest absolute Gasteiger partial charge is 0.465 e. The van der Waals surface area contributed by atoms with Crippen molar-refractivity contribution in [2.75, 3.05) is 10.6 Å². The molecule has 2 aromatic heterocycles. The van der Waals surface area contributed by atoms with Crippen molar-refractivity contribution in [1.29, 1.82) is 0 Å². The number of hydrogen-bond acceptors (Lipinski definition) is 6. The summed E-state index contributed by atoms with van der Waals surface area (Å²) in [6.07, 6.45) is 2.23. The second-order valence-electron chi connectivity index (χ2n) is 6.54. The number of carbonyl (C=O) groups is 2. The molecule has 3 fully saturated rings. The van der Waals surface area contributed by atoms with E-state index < -0.39 is 17.2 Å². The molecule has 10 nitrogen and oxygen atoms in total. The van der Waals surface area contributed by atoms with Crippen LogP contribution >= 0.6 is 0 Å². The highest BCUT2D eigenvalue weighted by atomic mass is 19.1. The van der Waals surface area contributed by atoms with Gasteiger partial charge in [-0.05, 0) is 19.3 Å². The van der Waals surface area contributed by atoms with Crippen molar-refractivity contribution >= 4 is 23.6 Å². The number of carboxylic acid groups (broad SMARTS) is 1. The lowest BCUT2D eigenvalue weighted by Gasteiger charge is -2.64. The first-order valence-corrected chi connectivity index (χ1v) is 7.53. The van der Waals surface area contributed by atoms with Gasteiger partial charge in [0.25, 0.3) is 0 Å². The molecular weight excluding hydrogens is 333 g/mol. The molecule has 0 unspecified atom stereocenters. The van der Waals surface area contributed by atoms with Crippen LogP contribution in [0.1, 0.15) is 19.3 Å². The minimum Gasteiger partial charge on any atom is -0.465 e. The first-order valence-electron chi connectivity index (χ1n) is 7.53. The van der Waals surface area contributed by atoms with Gasteiger partial charge in [-0.2, -0.15) is 0 Å². The molecule has 0 spiro atoms. The molecule has 0 aromatic carbocycles. The van der Waals surface area contributed by atoms with Crippen LogP contribution in [-0.2, 0) is 11.8 Å². The third-order valence-electron chi connectivity index (χ3n) is 4.64. The standard InChI is InChI=1S/C14H14FN7O3/c1-22-10(19-12(24)25)9(20-21-22)7-2-17-8(3-16-7)18-11(23)13-4-14(15,5-13)6-13/h2-3,19H,4-6H2,1H3,(H,24,25)(H,17,18,23). The van der Waals surface area contributed by atoms with Gasteiger partial charge in [0.2, 0.25) is 5.91 Å². The normalized spacial score (nSPS) is 26.3. The van der Waals surface area contributed by atoms with Crippen LogP contribution in [0.15, 0.2) is 12.4 Å². The fourth-order valence-electron chi connectivity index (χ4n) is 3.44. The van der Waals surface area contributed by atoms with Crippen LogP contribution in [0.4, 0.5) is 20.8 Å². The number of alkyl halides is 1. The second-order valence-corrected chi connectivity index (χ2v) is 6.54. The highest BCUT2D eigenvalue weighted by molar-refractivity contribution is 5.97. The maximum Gasteiger partial charge on any atom is 0.410 e. The summed E-state index contributed by atoms with van der Waals surface area (Å²) in [7, 11) is 1.53. The van der Waals surface area contributed by atoms with E-state index in [2.05, 4.69) is 30.9 Å². The Hall–Kier alpha value is -3.11. The zero-order valence-electron chi connectivity index (χ0n) is 13.2. The molecule has 0 aliphatic heterocycles. The SMILES string of the molecule is Cn1nnc(-c2cnc(NC(=O)C34CC(F)(C3)C4)cn2)c1NC(=O)O. The number of nitrogens with one attached hydrogen (secondary N) is 2. The van der Waals surface area contributed by atoms with Crippen LogP contribution < -0.4 is 10.6 Å². The van der Waals surface area contributed by atoms with Crippen LogP contribution in [0.5, 0.6) is 0 Å². The molecule has 0 saturated heterocycles. The molecule has 11 heteroatoms. The molecule has 3 N–H and O–H groups in total. The van der Waals surface area contributed by atoms with E-state index in [4.69, 9.17) is 5.11 Å². The van der Waals surface area contributed by atoms with Gasteiger partial charge in [-0.25, -0.2) is 23.8 Å². The minimum absolute atomic E-state index is 0.153. The van der Waals surface area contributed by atoms with Crippen molar-refractivity contribution in [3.63, 3.8) is 0 Å². The molecule has 2 aromatic rings. The number of carbonyl (C=O) groups excluding carboxylic acids is 1. The Morgan fingerprint density at radius 1 is 1.24 bits per heavy atom. The Labute approximate surface area is 140 Å². The number of aryl methyl sites for hydroxylation is 1. The average molecular weight is 347 g/mol. The fourth-order valence-corrected chi connectivity index (χ4v) is 3.44. The van der Waals surface area contributed by atoms with Gasteiger partial charge < -0.3 is 10.4 Å². The molecule has 2 heterocycles. The minimum atomic E-state index is -1.26. The Balaban J connectivity index is 1.49. The molecule has 0 radical (unpaired) electrons. The first-order chi connectivity index (χ1) is 11.8. The predicted octanol–water partition coefficient (Wildman–Crippen LogP) is 1.19. The number of amides is 2. The topological polar surface area (TPSA) is 135 Å². The lowest BCUT2D eigenvalue weighted by Crippen LogP contribution is -2.69. The Bertz CT molecular complexity index is 859. The molecular formula is C14H14FN7O3.